The fourth-order valence-corrected chi connectivity index (χ4v) is 3.83. The Morgan fingerprint density at radius 1 is 1.00 bits per heavy atom. The van der Waals surface area contributed by atoms with Crippen molar-refractivity contribution < 1.29 is 4.79 Å². The van der Waals surface area contributed by atoms with Crippen LogP contribution in [0, 0.1) is 0 Å². The topological polar surface area (TPSA) is 52.2 Å². The van der Waals surface area contributed by atoms with Gasteiger partial charge in [0.1, 0.15) is 0 Å². The van der Waals surface area contributed by atoms with E-state index in [9.17, 15) is 4.79 Å². The van der Waals surface area contributed by atoms with Crippen molar-refractivity contribution in [2.24, 2.45) is 0 Å². The lowest BCUT2D eigenvalue weighted by Gasteiger charge is -2.22. The number of rotatable bonds is 5. The van der Waals surface area contributed by atoms with Gasteiger partial charge < -0.3 is 9.80 Å². The fourth-order valence-electron chi connectivity index (χ4n) is 3.70. The van der Waals surface area contributed by atoms with Crippen LogP contribution in [-0.4, -0.2) is 47.2 Å². The molecule has 0 radical (unpaired) electrons. The zero-order chi connectivity index (χ0) is 20.1. The van der Waals surface area contributed by atoms with Crippen LogP contribution in [0.15, 0.2) is 60.7 Å². The molecule has 6 heteroatoms. The number of aromatic amines is 1. The minimum absolute atomic E-state index is 0.236. The van der Waals surface area contributed by atoms with E-state index in [0.717, 1.165) is 61.1 Å². The first-order chi connectivity index (χ1) is 14.2. The third-order valence-corrected chi connectivity index (χ3v) is 5.61. The first-order valence-electron chi connectivity index (χ1n) is 10.1. The summed E-state index contributed by atoms with van der Waals surface area (Å²) in [4.78, 5) is 16.9. The van der Waals surface area contributed by atoms with Crippen molar-refractivity contribution in [2.75, 3.05) is 31.1 Å². The van der Waals surface area contributed by atoms with Crippen LogP contribution in [0.3, 0.4) is 0 Å². The van der Waals surface area contributed by atoms with Gasteiger partial charge >= 0.3 is 0 Å². The van der Waals surface area contributed by atoms with E-state index in [1.54, 1.807) is 0 Å². The van der Waals surface area contributed by atoms with Crippen LogP contribution in [-0.2, 0) is 11.2 Å². The molecule has 2 heterocycles. The predicted molar refractivity (Wildman–Crippen MR) is 117 cm³/mol. The molecule has 3 aromatic rings. The average molecular weight is 409 g/mol. The highest BCUT2D eigenvalue weighted by atomic mass is 35.5. The summed E-state index contributed by atoms with van der Waals surface area (Å²) in [6.07, 6.45) is 2.30. The molecule has 0 saturated carbocycles. The van der Waals surface area contributed by atoms with Gasteiger partial charge in [-0.3, -0.25) is 9.89 Å². The minimum Gasteiger partial charge on any atom is -0.353 e. The van der Waals surface area contributed by atoms with E-state index in [4.69, 9.17) is 11.6 Å². The molecule has 2 aromatic carbocycles. The number of anilines is 1. The molecule has 1 saturated heterocycles. The van der Waals surface area contributed by atoms with E-state index < -0.39 is 0 Å². The second-order valence-corrected chi connectivity index (χ2v) is 7.79. The second kappa shape index (κ2) is 9.14. The molecule has 1 aliphatic heterocycles. The summed E-state index contributed by atoms with van der Waals surface area (Å²) >= 11 is 5.97. The van der Waals surface area contributed by atoms with Crippen LogP contribution < -0.4 is 4.90 Å². The Labute approximate surface area is 176 Å². The number of benzene rings is 2. The third kappa shape index (κ3) is 4.98. The summed E-state index contributed by atoms with van der Waals surface area (Å²) in [6.45, 7) is 3.23. The molecule has 1 amide bonds. The molecule has 1 N–H and O–H groups in total. The molecular formula is C23H25ClN4O. The molecule has 1 aliphatic rings. The van der Waals surface area contributed by atoms with Crippen molar-refractivity contribution in [3.8, 4) is 11.3 Å². The highest BCUT2D eigenvalue weighted by Gasteiger charge is 2.20. The lowest BCUT2D eigenvalue weighted by molar-refractivity contribution is -0.130. The minimum atomic E-state index is 0.236. The second-order valence-electron chi connectivity index (χ2n) is 7.35. The summed E-state index contributed by atoms with van der Waals surface area (Å²) in [5.41, 5.74) is 3.24. The van der Waals surface area contributed by atoms with E-state index in [1.807, 2.05) is 47.4 Å². The molecule has 29 heavy (non-hydrogen) atoms. The lowest BCUT2D eigenvalue weighted by atomic mass is 10.1. The largest absolute Gasteiger partial charge is 0.353 e. The number of carbonyl (C=O) groups excluding carboxylic acids is 1. The first-order valence-corrected chi connectivity index (χ1v) is 10.4. The Bertz CT molecular complexity index is 939. The lowest BCUT2D eigenvalue weighted by Crippen LogP contribution is -2.35. The Morgan fingerprint density at radius 3 is 2.59 bits per heavy atom. The highest BCUT2D eigenvalue weighted by molar-refractivity contribution is 6.30. The third-order valence-electron chi connectivity index (χ3n) is 5.36. The number of aryl methyl sites for hydroxylation is 1. The smallest absolute Gasteiger partial charge is 0.222 e. The van der Waals surface area contributed by atoms with Gasteiger partial charge in [-0.1, -0.05) is 54.1 Å². The number of amides is 1. The Balaban J connectivity index is 1.34. The van der Waals surface area contributed by atoms with Crippen molar-refractivity contribution >= 4 is 23.3 Å². The van der Waals surface area contributed by atoms with Gasteiger partial charge in [-0.25, -0.2) is 0 Å². The summed E-state index contributed by atoms with van der Waals surface area (Å²) in [6, 6.07) is 20.0. The van der Waals surface area contributed by atoms with Gasteiger partial charge in [0, 0.05) is 43.7 Å². The van der Waals surface area contributed by atoms with Crippen molar-refractivity contribution in [3.63, 3.8) is 0 Å². The van der Waals surface area contributed by atoms with Gasteiger partial charge in [0.15, 0.2) is 5.82 Å². The zero-order valence-corrected chi connectivity index (χ0v) is 17.1. The van der Waals surface area contributed by atoms with Gasteiger partial charge in [-0.15, -0.1) is 0 Å². The average Bonchev–Trinajstić information content (AvgIpc) is 3.11. The number of nitrogens with zero attached hydrogens (tertiary/aromatic N) is 3. The number of aromatic nitrogens is 2. The van der Waals surface area contributed by atoms with Crippen LogP contribution >= 0.6 is 11.6 Å². The van der Waals surface area contributed by atoms with Gasteiger partial charge in [0.05, 0.1) is 5.69 Å². The molecule has 0 atom stereocenters. The normalized spacial score (nSPS) is 14.7. The van der Waals surface area contributed by atoms with Crippen LogP contribution in [0.2, 0.25) is 5.02 Å². The molecule has 0 spiro atoms. The van der Waals surface area contributed by atoms with E-state index in [0.29, 0.717) is 6.42 Å². The summed E-state index contributed by atoms with van der Waals surface area (Å²) in [5, 5.41) is 8.33. The molecular weight excluding hydrogens is 384 g/mol. The van der Waals surface area contributed by atoms with Gasteiger partial charge in [-0.2, -0.15) is 5.10 Å². The number of carbonyl (C=O) groups is 1. The molecule has 0 unspecified atom stereocenters. The van der Waals surface area contributed by atoms with Crippen LogP contribution in [0.25, 0.3) is 11.3 Å². The summed E-state index contributed by atoms with van der Waals surface area (Å²) in [5.74, 6) is 1.16. The Kier molecular flexibility index (Phi) is 6.15. The zero-order valence-electron chi connectivity index (χ0n) is 16.4. The number of nitrogens with one attached hydrogen (secondary N) is 1. The number of halogens is 1. The standard InChI is InChI=1S/C23H25ClN4O/c24-20-10-8-19(9-11-20)21-17-22(26-25-21)27-13-4-14-28(16-15-27)23(29)12-7-18-5-2-1-3-6-18/h1-3,5-6,8-11,17H,4,7,12-16H2,(H,25,26). The Hall–Kier alpha value is -2.79. The van der Waals surface area contributed by atoms with Gasteiger partial charge in [0.25, 0.3) is 0 Å². The van der Waals surface area contributed by atoms with E-state index in [-0.39, 0.29) is 5.91 Å². The predicted octanol–water partition coefficient (Wildman–Crippen LogP) is 4.40. The van der Waals surface area contributed by atoms with Crippen LogP contribution in [0.5, 0.6) is 0 Å². The highest BCUT2D eigenvalue weighted by Crippen LogP contribution is 2.24. The van der Waals surface area contributed by atoms with E-state index >= 15 is 0 Å². The maximum atomic E-state index is 12.7. The van der Waals surface area contributed by atoms with Crippen molar-refractivity contribution in [1.29, 1.82) is 0 Å². The molecule has 150 valence electrons. The van der Waals surface area contributed by atoms with Crippen molar-refractivity contribution in [3.05, 3.63) is 71.2 Å². The number of hydrogen-bond donors (Lipinski definition) is 1. The summed E-state index contributed by atoms with van der Waals surface area (Å²) < 4.78 is 0. The maximum Gasteiger partial charge on any atom is 0.222 e. The first kappa shape index (κ1) is 19.5. The monoisotopic (exact) mass is 408 g/mol. The van der Waals surface area contributed by atoms with Gasteiger partial charge in [0.2, 0.25) is 5.91 Å². The van der Waals surface area contributed by atoms with Crippen molar-refractivity contribution in [1.82, 2.24) is 15.1 Å². The van der Waals surface area contributed by atoms with E-state index in [1.165, 1.54) is 5.56 Å². The molecule has 1 aromatic heterocycles. The Morgan fingerprint density at radius 2 is 1.79 bits per heavy atom. The summed E-state index contributed by atoms with van der Waals surface area (Å²) in [7, 11) is 0. The molecule has 4 rings (SSSR count). The molecule has 0 bridgehead atoms. The van der Waals surface area contributed by atoms with Gasteiger partial charge in [-0.05, 0) is 36.1 Å². The van der Waals surface area contributed by atoms with E-state index in [2.05, 4.69) is 33.3 Å². The number of H-pyrrole nitrogens is 1. The van der Waals surface area contributed by atoms with Crippen LogP contribution in [0.4, 0.5) is 5.82 Å². The fraction of sp³-hybridized carbons (Fsp3) is 0.304. The molecule has 1 fully saturated rings. The SMILES string of the molecule is O=C(CCc1ccccc1)N1CCCN(c2cc(-c3ccc(Cl)cc3)[nH]n2)CC1. The van der Waals surface area contributed by atoms with Crippen molar-refractivity contribution in [2.45, 2.75) is 19.3 Å². The molecule has 5 nitrogen and oxygen atoms in total. The van der Waals surface area contributed by atoms with Crippen LogP contribution in [0.1, 0.15) is 18.4 Å². The molecule has 0 aliphatic carbocycles. The number of hydrogen-bond acceptors (Lipinski definition) is 3. The maximum absolute atomic E-state index is 12.7. The quantitative estimate of drug-likeness (QED) is 0.680.